The van der Waals surface area contributed by atoms with Crippen molar-refractivity contribution in [1.82, 2.24) is 10.2 Å². The molecule has 1 aliphatic rings. The first kappa shape index (κ1) is 17.9. The van der Waals surface area contributed by atoms with Crippen molar-refractivity contribution in [2.24, 2.45) is 0 Å². The molecule has 0 radical (unpaired) electrons. The molecule has 1 N–H and O–H groups in total. The summed E-state index contributed by atoms with van der Waals surface area (Å²) >= 11 is 0. The van der Waals surface area contributed by atoms with Crippen molar-refractivity contribution < 1.29 is 13.2 Å². The fraction of sp³-hybridized carbons (Fsp3) is 0.588. The van der Waals surface area contributed by atoms with Crippen molar-refractivity contribution in [1.29, 1.82) is 0 Å². The first-order chi connectivity index (χ1) is 10.9. The lowest BCUT2D eigenvalue weighted by Crippen LogP contribution is -2.39. The normalized spacial score (nSPS) is 19.5. The highest BCUT2D eigenvalue weighted by Crippen LogP contribution is 2.16. The molecule has 0 aliphatic carbocycles. The van der Waals surface area contributed by atoms with Crippen molar-refractivity contribution in [2.75, 3.05) is 25.9 Å². The Bertz CT molecular complexity index is 626. The van der Waals surface area contributed by atoms with Gasteiger partial charge in [-0.05, 0) is 57.0 Å². The van der Waals surface area contributed by atoms with E-state index in [1.165, 1.54) is 31.4 Å². The van der Waals surface area contributed by atoms with Gasteiger partial charge < -0.3 is 10.2 Å². The van der Waals surface area contributed by atoms with Crippen molar-refractivity contribution in [3.05, 3.63) is 29.8 Å². The fourth-order valence-corrected chi connectivity index (χ4v) is 3.56. The third-order valence-electron chi connectivity index (χ3n) is 4.39. The van der Waals surface area contributed by atoms with E-state index in [0.29, 0.717) is 18.2 Å². The lowest BCUT2D eigenvalue weighted by atomic mass is 10.0. The predicted octanol–water partition coefficient (Wildman–Crippen LogP) is 2.08. The Balaban J connectivity index is 1.76. The number of hydrogen-bond donors (Lipinski definition) is 1. The SMILES string of the molecule is C[C@@H]1CCCCN1CCCNC(=O)c1ccc(S(C)(=O)=O)cc1. The van der Waals surface area contributed by atoms with E-state index in [4.69, 9.17) is 0 Å². The maximum absolute atomic E-state index is 12.0. The molecule has 2 rings (SSSR count). The summed E-state index contributed by atoms with van der Waals surface area (Å²) in [5, 5.41) is 2.90. The smallest absolute Gasteiger partial charge is 0.251 e. The van der Waals surface area contributed by atoms with E-state index in [-0.39, 0.29) is 10.8 Å². The maximum atomic E-state index is 12.0. The molecule has 5 nitrogen and oxygen atoms in total. The summed E-state index contributed by atoms with van der Waals surface area (Å²) < 4.78 is 22.8. The van der Waals surface area contributed by atoms with Crippen molar-refractivity contribution in [2.45, 2.75) is 43.5 Å². The third kappa shape index (κ3) is 5.32. The highest BCUT2D eigenvalue weighted by Gasteiger charge is 2.17. The van der Waals surface area contributed by atoms with Crippen LogP contribution < -0.4 is 5.32 Å². The number of nitrogens with zero attached hydrogens (tertiary/aromatic N) is 1. The number of likely N-dealkylation sites (tertiary alicyclic amines) is 1. The quantitative estimate of drug-likeness (QED) is 0.807. The van der Waals surface area contributed by atoms with E-state index in [1.54, 1.807) is 12.1 Å². The highest BCUT2D eigenvalue weighted by atomic mass is 32.2. The topological polar surface area (TPSA) is 66.5 Å². The average Bonchev–Trinajstić information content (AvgIpc) is 2.52. The second-order valence-corrected chi connectivity index (χ2v) is 8.30. The largest absolute Gasteiger partial charge is 0.352 e. The summed E-state index contributed by atoms with van der Waals surface area (Å²) in [4.78, 5) is 14.8. The minimum atomic E-state index is -3.22. The number of benzene rings is 1. The molecule has 1 aromatic carbocycles. The molecule has 1 atom stereocenters. The summed E-state index contributed by atoms with van der Waals surface area (Å²) in [6.45, 7) is 5.06. The zero-order valence-corrected chi connectivity index (χ0v) is 14.7. The number of piperidine rings is 1. The molecule has 23 heavy (non-hydrogen) atoms. The van der Waals surface area contributed by atoms with Crippen molar-refractivity contribution in [3.63, 3.8) is 0 Å². The minimum absolute atomic E-state index is 0.156. The number of nitrogens with one attached hydrogen (secondary N) is 1. The van der Waals surface area contributed by atoms with Gasteiger partial charge in [0.25, 0.3) is 5.91 Å². The zero-order valence-electron chi connectivity index (χ0n) is 13.9. The lowest BCUT2D eigenvalue weighted by molar-refractivity contribution is 0.0949. The summed E-state index contributed by atoms with van der Waals surface area (Å²) in [5.74, 6) is -0.156. The average molecular weight is 338 g/mol. The number of hydrogen-bond acceptors (Lipinski definition) is 4. The molecule has 1 aromatic rings. The van der Waals surface area contributed by atoms with Crippen LogP contribution in [0.1, 0.15) is 43.0 Å². The Kier molecular flexibility index (Phi) is 6.18. The van der Waals surface area contributed by atoms with Crippen molar-refractivity contribution in [3.8, 4) is 0 Å². The van der Waals surface area contributed by atoms with Gasteiger partial charge in [-0.1, -0.05) is 6.42 Å². The Hall–Kier alpha value is -1.40. The number of carbonyl (C=O) groups excluding carboxylic acids is 1. The van der Waals surface area contributed by atoms with E-state index in [2.05, 4.69) is 17.1 Å². The molecule has 1 amide bonds. The van der Waals surface area contributed by atoms with Gasteiger partial charge in [-0.15, -0.1) is 0 Å². The molecule has 0 spiro atoms. The molecule has 6 heteroatoms. The van der Waals surface area contributed by atoms with E-state index >= 15 is 0 Å². The highest BCUT2D eigenvalue weighted by molar-refractivity contribution is 7.90. The molecule has 1 aliphatic heterocycles. The molecular formula is C17H26N2O3S. The van der Waals surface area contributed by atoms with Gasteiger partial charge in [-0.3, -0.25) is 4.79 Å². The molecule has 1 heterocycles. The maximum Gasteiger partial charge on any atom is 0.251 e. The Morgan fingerprint density at radius 1 is 1.26 bits per heavy atom. The van der Waals surface area contributed by atoms with Gasteiger partial charge in [0.1, 0.15) is 0 Å². The zero-order chi connectivity index (χ0) is 16.9. The third-order valence-corrected chi connectivity index (χ3v) is 5.52. The Morgan fingerprint density at radius 3 is 2.57 bits per heavy atom. The Labute approximate surface area is 139 Å². The minimum Gasteiger partial charge on any atom is -0.352 e. The number of carbonyl (C=O) groups is 1. The fourth-order valence-electron chi connectivity index (χ4n) is 2.93. The summed E-state index contributed by atoms with van der Waals surface area (Å²) in [6.07, 6.45) is 5.93. The number of amides is 1. The van der Waals surface area contributed by atoms with Crippen LogP contribution >= 0.6 is 0 Å². The van der Waals surface area contributed by atoms with Crippen LogP contribution in [0.15, 0.2) is 29.2 Å². The Morgan fingerprint density at radius 2 is 1.96 bits per heavy atom. The summed E-state index contributed by atoms with van der Waals surface area (Å²) in [7, 11) is -3.22. The second-order valence-electron chi connectivity index (χ2n) is 6.29. The van der Waals surface area contributed by atoms with Crippen LogP contribution in [0.5, 0.6) is 0 Å². The molecule has 0 unspecified atom stereocenters. The van der Waals surface area contributed by atoms with Gasteiger partial charge in [-0.25, -0.2) is 8.42 Å². The number of rotatable bonds is 6. The molecule has 0 saturated carbocycles. The van der Waals surface area contributed by atoms with Crippen LogP contribution in [0.25, 0.3) is 0 Å². The van der Waals surface area contributed by atoms with Crippen LogP contribution in [0.2, 0.25) is 0 Å². The van der Waals surface area contributed by atoms with Gasteiger partial charge in [-0.2, -0.15) is 0 Å². The first-order valence-electron chi connectivity index (χ1n) is 8.20. The monoisotopic (exact) mass is 338 g/mol. The van der Waals surface area contributed by atoms with Crippen LogP contribution in [-0.4, -0.2) is 51.2 Å². The van der Waals surface area contributed by atoms with Crippen LogP contribution in [0.3, 0.4) is 0 Å². The molecule has 0 bridgehead atoms. The van der Waals surface area contributed by atoms with E-state index in [1.807, 2.05) is 0 Å². The van der Waals surface area contributed by atoms with Gasteiger partial charge in [0.2, 0.25) is 0 Å². The van der Waals surface area contributed by atoms with E-state index in [9.17, 15) is 13.2 Å². The lowest BCUT2D eigenvalue weighted by Gasteiger charge is -2.33. The van der Waals surface area contributed by atoms with Crippen molar-refractivity contribution >= 4 is 15.7 Å². The number of sulfone groups is 1. The first-order valence-corrected chi connectivity index (χ1v) is 10.1. The predicted molar refractivity (Wildman–Crippen MR) is 91.4 cm³/mol. The van der Waals surface area contributed by atoms with Gasteiger partial charge in [0, 0.05) is 31.0 Å². The van der Waals surface area contributed by atoms with E-state index < -0.39 is 9.84 Å². The summed E-state index contributed by atoms with van der Waals surface area (Å²) in [5.41, 5.74) is 0.490. The standard InChI is InChI=1S/C17H26N2O3S/c1-14-6-3-4-12-19(14)13-5-11-18-17(20)15-7-9-16(10-8-15)23(2,21)22/h7-10,14H,3-6,11-13H2,1-2H3,(H,18,20)/t14-/m1/s1. The molecule has 1 saturated heterocycles. The molecule has 128 valence electrons. The van der Waals surface area contributed by atoms with Crippen LogP contribution in [0, 0.1) is 0 Å². The van der Waals surface area contributed by atoms with Crippen LogP contribution in [-0.2, 0) is 9.84 Å². The second kappa shape index (κ2) is 7.93. The molecule has 1 fully saturated rings. The molecule has 0 aromatic heterocycles. The van der Waals surface area contributed by atoms with Crippen LogP contribution in [0.4, 0.5) is 0 Å². The van der Waals surface area contributed by atoms with Gasteiger partial charge in [0.05, 0.1) is 4.90 Å². The molecular weight excluding hydrogens is 312 g/mol. The van der Waals surface area contributed by atoms with E-state index in [0.717, 1.165) is 25.8 Å². The van der Waals surface area contributed by atoms with Gasteiger partial charge in [0.15, 0.2) is 9.84 Å². The summed E-state index contributed by atoms with van der Waals surface area (Å²) in [6, 6.07) is 6.69. The van der Waals surface area contributed by atoms with Gasteiger partial charge >= 0.3 is 0 Å².